The number of benzene rings is 3. The molecular formula is C27H20IrN2-2. The minimum Gasteiger partial charge on any atom is -0.304 e. The van der Waals surface area contributed by atoms with Gasteiger partial charge in [-0.25, -0.2) is 0 Å². The SMILES string of the molecule is C=Cc1ccc(-c2[c-]cccc2)nc1.Cc1ccnc2c1ccc1ccc[c-]c12.[Ir]. The Bertz CT molecular complexity index is 1260. The molecule has 0 saturated carbocycles. The maximum Gasteiger partial charge on any atom is 0.0233 e. The van der Waals surface area contributed by atoms with Crippen LogP contribution in [0.5, 0.6) is 0 Å². The molecule has 3 aromatic carbocycles. The number of pyridine rings is 2. The third-order valence-corrected chi connectivity index (χ3v) is 4.77. The monoisotopic (exact) mass is 565 g/mol. The quantitative estimate of drug-likeness (QED) is 0.177. The van der Waals surface area contributed by atoms with Gasteiger partial charge >= 0.3 is 0 Å². The molecule has 5 rings (SSSR count). The van der Waals surface area contributed by atoms with Gasteiger partial charge in [-0.15, -0.1) is 70.9 Å². The first-order chi connectivity index (χ1) is 14.3. The van der Waals surface area contributed by atoms with Crippen molar-refractivity contribution in [2.75, 3.05) is 0 Å². The summed E-state index contributed by atoms with van der Waals surface area (Å²) in [5.74, 6) is 0. The summed E-state index contributed by atoms with van der Waals surface area (Å²) in [4.78, 5) is 8.76. The van der Waals surface area contributed by atoms with Crippen molar-refractivity contribution in [1.82, 2.24) is 9.97 Å². The molecule has 1 radical (unpaired) electrons. The fourth-order valence-corrected chi connectivity index (χ4v) is 3.18. The van der Waals surface area contributed by atoms with Gasteiger partial charge in [-0.05, 0) is 40.7 Å². The van der Waals surface area contributed by atoms with E-state index in [1.807, 2.05) is 67.0 Å². The van der Waals surface area contributed by atoms with E-state index in [1.165, 1.54) is 16.3 Å². The fraction of sp³-hybridized carbons (Fsp3) is 0.0370. The van der Waals surface area contributed by atoms with Crippen molar-refractivity contribution in [1.29, 1.82) is 0 Å². The molecule has 2 nitrogen and oxygen atoms in total. The summed E-state index contributed by atoms with van der Waals surface area (Å²) >= 11 is 0. The maximum atomic E-state index is 4.44. The zero-order valence-corrected chi connectivity index (χ0v) is 19.0. The third kappa shape index (κ3) is 4.71. The van der Waals surface area contributed by atoms with Crippen molar-refractivity contribution in [3.8, 4) is 11.3 Å². The molecule has 0 N–H and O–H groups in total. The van der Waals surface area contributed by atoms with Crippen LogP contribution in [0.2, 0.25) is 0 Å². The molecule has 0 aliphatic heterocycles. The Kier molecular flexibility index (Phi) is 7.24. The Morgan fingerprint density at radius 1 is 0.867 bits per heavy atom. The molecular weight excluding hydrogens is 545 g/mol. The van der Waals surface area contributed by atoms with Gasteiger partial charge in [0, 0.05) is 32.5 Å². The molecule has 3 heteroatoms. The molecule has 5 aromatic rings. The molecule has 0 unspecified atom stereocenters. The zero-order valence-electron chi connectivity index (χ0n) is 16.6. The van der Waals surface area contributed by atoms with Crippen molar-refractivity contribution in [2.24, 2.45) is 0 Å². The van der Waals surface area contributed by atoms with Gasteiger partial charge in [0.05, 0.1) is 0 Å². The Hall–Kier alpha value is -3.13. The van der Waals surface area contributed by atoms with Crippen LogP contribution in [0.25, 0.3) is 39.0 Å². The van der Waals surface area contributed by atoms with Crippen molar-refractivity contribution in [3.05, 3.63) is 115 Å². The van der Waals surface area contributed by atoms with E-state index >= 15 is 0 Å². The van der Waals surface area contributed by atoms with Gasteiger partial charge in [0.25, 0.3) is 0 Å². The van der Waals surface area contributed by atoms with Crippen LogP contribution < -0.4 is 0 Å². The van der Waals surface area contributed by atoms with E-state index in [0.717, 1.165) is 27.7 Å². The van der Waals surface area contributed by atoms with Crippen LogP contribution in [0.3, 0.4) is 0 Å². The predicted molar refractivity (Wildman–Crippen MR) is 121 cm³/mol. The van der Waals surface area contributed by atoms with Crippen LogP contribution >= 0.6 is 0 Å². The molecule has 30 heavy (non-hydrogen) atoms. The fourth-order valence-electron chi connectivity index (χ4n) is 3.18. The molecule has 0 saturated heterocycles. The average molecular weight is 565 g/mol. The summed E-state index contributed by atoms with van der Waals surface area (Å²) in [7, 11) is 0. The van der Waals surface area contributed by atoms with Crippen molar-refractivity contribution in [2.45, 2.75) is 6.92 Å². The van der Waals surface area contributed by atoms with Gasteiger partial charge in [0.1, 0.15) is 0 Å². The number of hydrogen-bond donors (Lipinski definition) is 0. The van der Waals surface area contributed by atoms with Crippen molar-refractivity contribution < 1.29 is 20.1 Å². The van der Waals surface area contributed by atoms with Gasteiger partial charge in [-0.1, -0.05) is 36.9 Å². The van der Waals surface area contributed by atoms with Crippen molar-refractivity contribution in [3.63, 3.8) is 0 Å². The molecule has 0 aliphatic carbocycles. The molecule has 149 valence electrons. The van der Waals surface area contributed by atoms with E-state index in [1.54, 1.807) is 6.08 Å². The van der Waals surface area contributed by atoms with Gasteiger partial charge < -0.3 is 9.97 Å². The van der Waals surface area contributed by atoms with Crippen molar-refractivity contribution >= 4 is 27.8 Å². The normalized spacial score (nSPS) is 10.0. The Balaban J connectivity index is 0.000000166. The summed E-state index contributed by atoms with van der Waals surface area (Å²) in [6, 6.07) is 30.5. The molecule has 0 spiro atoms. The second kappa shape index (κ2) is 10.1. The number of aryl methyl sites for hydroxylation is 1. The largest absolute Gasteiger partial charge is 0.304 e. The summed E-state index contributed by atoms with van der Waals surface area (Å²) in [6.07, 6.45) is 5.45. The zero-order chi connectivity index (χ0) is 20.1. The van der Waals surface area contributed by atoms with Gasteiger partial charge in [0.15, 0.2) is 0 Å². The second-order valence-corrected chi connectivity index (χ2v) is 6.68. The molecule has 0 aliphatic rings. The van der Waals surface area contributed by atoms with E-state index in [9.17, 15) is 0 Å². The standard InChI is InChI=1S/C14H10N.C13H10N.Ir/c1-10-8-9-15-14-12(10)7-6-11-4-2-3-5-13(11)14;1-2-11-8-9-13(14-10-11)12-6-4-3-5-7-12;/h2-4,6-9H,1H3;2-6,8-10H,1H2;/q2*-1;. The first-order valence-electron chi connectivity index (χ1n) is 9.46. The van der Waals surface area contributed by atoms with Crippen LogP contribution in [-0.4, -0.2) is 9.97 Å². The molecule has 0 amide bonds. The van der Waals surface area contributed by atoms with E-state index in [0.29, 0.717) is 0 Å². The molecule has 0 bridgehead atoms. The number of rotatable bonds is 2. The number of aromatic nitrogens is 2. The first-order valence-corrected chi connectivity index (χ1v) is 9.46. The topological polar surface area (TPSA) is 25.8 Å². The van der Waals surface area contributed by atoms with E-state index in [-0.39, 0.29) is 20.1 Å². The summed E-state index contributed by atoms with van der Waals surface area (Å²) in [5.41, 5.74) is 5.30. The second-order valence-electron chi connectivity index (χ2n) is 6.68. The van der Waals surface area contributed by atoms with Gasteiger partial charge in [-0.3, -0.25) is 0 Å². The summed E-state index contributed by atoms with van der Waals surface area (Å²) in [5, 5.41) is 3.52. The minimum absolute atomic E-state index is 0. The predicted octanol–water partition coefficient (Wildman–Crippen LogP) is 6.69. The van der Waals surface area contributed by atoms with Crippen LogP contribution in [0.15, 0.2) is 91.8 Å². The Morgan fingerprint density at radius 3 is 2.47 bits per heavy atom. The van der Waals surface area contributed by atoms with Crippen LogP contribution in [-0.2, 0) is 20.1 Å². The number of hydrogen-bond acceptors (Lipinski definition) is 2. The summed E-state index contributed by atoms with van der Waals surface area (Å²) < 4.78 is 0. The first kappa shape index (κ1) is 21.6. The van der Waals surface area contributed by atoms with E-state index < -0.39 is 0 Å². The summed E-state index contributed by atoms with van der Waals surface area (Å²) in [6.45, 7) is 5.80. The third-order valence-electron chi connectivity index (χ3n) is 4.77. The van der Waals surface area contributed by atoms with Gasteiger partial charge in [0.2, 0.25) is 0 Å². The number of fused-ring (bicyclic) bond motifs is 3. The molecule has 2 heterocycles. The Morgan fingerprint density at radius 2 is 1.73 bits per heavy atom. The molecule has 2 aromatic heterocycles. The minimum atomic E-state index is 0. The smallest absolute Gasteiger partial charge is 0.0233 e. The van der Waals surface area contributed by atoms with E-state index in [4.69, 9.17) is 0 Å². The van der Waals surface area contributed by atoms with Crippen LogP contribution in [0.4, 0.5) is 0 Å². The van der Waals surface area contributed by atoms with Crippen LogP contribution in [0, 0.1) is 19.1 Å². The average Bonchev–Trinajstić information content (AvgIpc) is 2.80. The van der Waals surface area contributed by atoms with Gasteiger partial charge in [-0.2, -0.15) is 0 Å². The van der Waals surface area contributed by atoms with Crippen LogP contribution in [0.1, 0.15) is 11.1 Å². The molecule has 0 fully saturated rings. The Labute approximate surface area is 190 Å². The maximum absolute atomic E-state index is 4.44. The van der Waals surface area contributed by atoms with E-state index in [2.05, 4.69) is 53.8 Å². The number of nitrogens with zero attached hydrogens (tertiary/aromatic N) is 2. The molecule has 0 atom stereocenters.